The van der Waals surface area contributed by atoms with Gasteiger partial charge >= 0.3 is 0 Å². The first-order valence-corrected chi connectivity index (χ1v) is 7.72. The zero-order valence-corrected chi connectivity index (χ0v) is 12.3. The van der Waals surface area contributed by atoms with Crippen molar-refractivity contribution in [3.63, 3.8) is 0 Å². The molecule has 0 aromatic heterocycles. The van der Waals surface area contributed by atoms with Gasteiger partial charge in [0.15, 0.2) is 0 Å². The molecule has 1 aromatic rings. The highest BCUT2D eigenvalue weighted by Gasteiger charge is 2.33. The summed E-state index contributed by atoms with van der Waals surface area (Å²) in [4.78, 5) is 2.70. The van der Waals surface area contributed by atoms with Gasteiger partial charge in [-0.05, 0) is 57.7 Å². The Morgan fingerprint density at radius 3 is 2.53 bits per heavy atom. The molecule has 1 heterocycles. The lowest BCUT2D eigenvalue weighted by Gasteiger charge is -2.15. The number of hydrogen-bond acceptors (Lipinski definition) is 2. The second-order valence-corrected chi connectivity index (χ2v) is 6.51. The Hall–Kier alpha value is -0.860. The molecule has 1 aromatic carbocycles. The van der Waals surface area contributed by atoms with Crippen LogP contribution in [0.2, 0.25) is 0 Å². The molecule has 1 N–H and O–H groups in total. The summed E-state index contributed by atoms with van der Waals surface area (Å²) in [6.07, 6.45) is 4.28. The average Bonchev–Trinajstić information content (AvgIpc) is 3.09. The lowest BCUT2D eigenvalue weighted by atomic mass is 10.1. The highest BCUT2D eigenvalue weighted by atomic mass is 15.2. The molecule has 1 unspecified atom stereocenters. The molecule has 3 rings (SSSR count). The summed E-state index contributed by atoms with van der Waals surface area (Å²) in [6.45, 7) is 9.21. The predicted octanol–water partition coefficient (Wildman–Crippen LogP) is 2.88. The van der Waals surface area contributed by atoms with Crippen LogP contribution in [0.5, 0.6) is 0 Å². The van der Waals surface area contributed by atoms with Gasteiger partial charge in [-0.1, -0.05) is 29.3 Å². The summed E-state index contributed by atoms with van der Waals surface area (Å²) in [5, 5.41) is 3.65. The molecule has 2 aliphatic rings. The van der Waals surface area contributed by atoms with Gasteiger partial charge in [-0.2, -0.15) is 0 Å². The molecule has 1 atom stereocenters. The van der Waals surface area contributed by atoms with E-state index in [1.54, 1.807) is 0 Å². The SMILES string of the molecule is Cc1cc(C)cc(CNCC2CCN(C3CC3)C2)c1. The lowest BCUT2D eigenvalue weighted by molar-refractivity contribution is 0.312. The minimum absolute atomic E-state index is 0.867. The molecule has 1 saturated heterocycles. The van der Waals surface area contributed by atoms with E-state index in [2.05, 4.69) is 42.3 Å². The Kier molecular flexibility index (Phi) is 3.90. The van der Waals surface area contributed by atoms with Crippen LogP contribution in [0.3, 0.4) is 0 Å². The third-order valence-electron chi connectivity index (χ3n) is 4.42. The summed E-state index contributed by atoms with van der Waals surface area (Å²) >= 11 is 0. The van der Waals surface area contributed by atoms with E-state index in [-0.39, 0.29) is 0 Å². The molecule has 0 spiro atoms. The Bertz CT molecular complexity index is 417. The number of likely N-dealkylation sites (tertiary alicyclic amines) is 1. The molecule has 1 aliphatic carbocycles. The second kappa shape index (κ2) is 5.64. The van der Waals surface area contributed by atoms with Crippen molar-refractivity contribution in [3.8, 4) is 0 Å². The summed E-state index contributed by atoms with van der Waals surface area (Å²) in [5.74, 6) is 0.867. The van der Waals surface area contributed by atoms with E-state index in [1.807, 2.05) is 0 Å². The van der Waals surface area contributed by atoms with Crippen molar-refractivity contribution in [2.45, 2.75) is 45.7 Å². The maximum absolute atomic E-state index is 3.65. The highest BCUT2D eigenvalue weighted by Crippen LogP contribution is 2.31. The van der Waals surface area contributed by atoms with E-state index >= 15 is 0 Å². The van der Waals surface area contributed by atoms with Crippen molar-refractivity contribution in [1.29, 1.82) is 0 Å². The van der Waals surface area contributed by atoms with Crippen molar-refractivity contribution in [2.75, 3.05) is 19.6 Å². The van der Waals surface area contributed by atoms with Crippen LogP contribution in [0, 0.1) is 19.8 Å². The van der Waals surface area contributed by atoms with E-state index in [0.29, 0.717) is 0 Å². The van der Waals surface area contributed by atoms with Crippen LogP contribution in [0.4, 0.5) is 0 Å². The van der Waals surface area contributed by atoms with Crippen molar-refractivity contribution in [1.82, 2.24) is 10.2 Å². The first-order chi connectivity index (χ1) is 9.20. The summed E-state index contributed by atoms with van der Waals surface area (Å²) in [5.41, 5.74) is 4.17. The quantitative estimate of drug-likeness (QED) is 0.873. The van der Waals surface area contributed by atoms with Crippen LogP contribution in [0.15, 0.2) is 18.2 Å². The third kappa shape index (κ3) is 3.58. The molecule has 0 amide bonds. The topological polar surface area (TPSA) is 15.3 Å². The van der Waals surface area contributed by atoms with Gasteiger partial charge < -0.3 is 10.2 Å². The molecular formula is C17H26N2. The summed E-state index contributed by atoms with van der Waals surface area (Å²) < 4.78 is 0. The normalized spacial score (nSPS) is 24.0. The fourth-order valence-corrected chi connectivity index (χ4v) is 3.39. The Labute approximate surface area is 117 Å². The number of aryl methyl sites for hydroxylation is 2. The van der Waals surface area contributed by atoms with E-state index in [0.717, 1.165) is 18.5 Å². The maximum Gasteiger partial charge on any atom is 0.0205 e. The van der Waals surface area contributed by atoms with E-state index < -0.39 is 0 Å². The predicted molar refractivity (Wildman–Crippen MR) is 80.3 cm³/mol. The van der Waals surface area contributed by atoms with E-state index in [4.69, 9.17) is 0 Å². The molecule has 2 fully saturated rings. The standard InChI is InChI=1S/C17H26N2/c1-13-7-14(2)9-16(8-13)11-18-10-15-5-6-19(12-15)17-3-4-17/h7-9,15,17-18H,3-6,10-12H2,1-2H3. The maximum atomic E-state index is 3.65. The molecule has 2 heteroatoms. The van der Waals surface area contributed by atoms with Gasteiger partial charge in [0.05, 0.1) is 0 Å². The lowest BCUT2D eigenvalue weighted by Crippen LogP contribution is -2.27. The van der Waals surface area contributed by atoms with Crippen LogP contribution in [-0.2, 0) is 6.54 Å². The van der Waals surface area contributed by atoms with Gasteiger partial charge in [0.25, 0.3) is 0 Å². The number of rotatable bonds is 5. The number of nitrogens with zero attached hydrogens (tertiary/aromatic N) is 1. The van der Waals surface area contributed by atoms with Gasteiger partial charge in [-0.25, -0.2) is 0 Å². The van der Waals surface area contributed by atoms with Crippen molar-refractivity contribution >= 4 is 0 Å². The van der Waals surface area contributed by atoms with Crippen LogP contribution < -0.4 is 5.32 Å². The molecule has 0 radical (unpaired) electrons. The molecule has 19 heavy (non-hydrogen) atoms. The molecule has 1 aliphatic heterocycles. The fourth-order valence-electron chi connectivity index (χ4n) is 3.39. The zero-order chi connectivity index (χ0) is 13.2. The first kappa shape index (κ1) is 13.1. The van der Waals surface area contributed by atoms with Crippen LogP contribution in [-0.4, -0.2) is 30.6 Å². The molecule has 2 nitrogen and oxygen atoms in total. The van der Waals surface area contributed by atoms with Gasteiger partial charge in [-0.3, -0.25) is 0 Å². The van der Waals surface area contributed by atoms with Crippen LogP contribution >= 0.6 is 0 Å². The summed E-state index contributed by atoms with van der Waals surface area (Å²) in [7, 11) is 0. The number of benzene rings is 1. The molecule has 0 bridgehead atoms. The van der Waals surface area contributed by atoms with E-state index in [1.165, 1.54) is 55.6 Å². The van der Waals surface area contributed by atoms with Gasteiger partial charge in [0.2, 0.25) is 0 Å². The van der Waals surface area contributed by atoms with Gasteiger partial charge in [-0.15, -0.1) is 0 Å². The average molecular weight is 258 g/mol. The minimum Gasteiger partial charge on any atom is -0.312 e. The fraction of sp³-hybridized carbons (Fsp3) is 0.647. The highest BCUT2D eigenvalue weighted by molar-refractivity contribution is 5.28. The number of nitrogens with one attached hydrogen (secondary N) is 1. The van der Waals surface area contributed by atoms with Crippen LogP contribution in [0.25, 0.3) is 0 Å². The van der Waals surface area contributed by atoms with E-state index in [9.17, 15) is 0 Å². The Morgan fingerprint density at radius 2 is 1.84 bits per heavy atom. The number of hydrogen-bond donors (Lipinski definition) is 1. The molecule has 104 valence electrons. The van der Waals surface area contributed by atoms with Gasteiger partial charge in [0, 0.05) is 19.1 Å². The summed E-state index contributed by atoms with van der Waals surface area (Å²) in [6, 6.07) is 7.79. The Morgan fingerprint density at radius 1 is 1.11 bits per heavy atom. The van der Waals surface area contributed by atoms with Gasteiger partial charge in [0.1, 0.15) is 0 Å². The largest absolute Gasteiger partial charge is 0.312 e. The Balaban J connectivity index is 1.43. The smallest absolute Gasteiger partial charge is 0.0205 e. The minimum atomic E-state index is 0.867. The van der Waals surface area contributed by atoms with Crippen molar-refractivity contribution < 1.29 is 0 Å². The van der Waals surface area contributed by atoms with Crippen molar-refractivity contribution in [3.05, 3.63) is 34.9 Å². The molecule has 1 saturated carbocycles. The second-order valence-electron chi connectivity index (χ2n) is 6.51. The van der Waals surface area contributed by atoms with Crippen LogP contribution in [0.1, 0.15) is 36.0 Å². The van der Waals surface area contributed by atoms with Crippen molar-refractivity contribution in [2.24, 2.45) is 5.92 Å². The third-order valence-corrected chi connectivity index (χ3v) is 4.42. The molecular weight excluding hydrogens is 232 g/mol. The monoisotopic (exact) mass is 258 g/mol. The zero-order valence-electron chi connectivity index (χ0n) is 12.3. The first-order valence-electron chi connectivity index (χ1n) is 7.72.